The first kappa shape index (κ1) is 14.1. The summed E-state index contributed by atoms with van der Waals surface area (Å²) in [6, 6.07) is 23.2. The molecule has 0 radical (unpaired) electrons. The predicted octanol–water partition coefficient (Wildman–Crippen LogP) is 5.19. The molecular formula is C19H18ClN. The largest absolute Gasteiger partial charge is 0.307 e. The van der Waals surface area contributed by atoms with Gasteiger partial charge in [0.25, 0.3) is 0 Å². The fourth-order valence-corrected chi connectivity index (χ4v) is 3.00. The van der Waals surface area contributed by atoms with Gasteiger partial charge in [0.2, 0.25) is 0 Å². The first-order valence-electron chi connectivity index (χ1n) is 7.26. The SMILES string of the molecule is CCNC(c1cccc(Cl)c1)c1cccc2ccccc12. The number of rotatable bonds is 4. The molecule has 1 nitrogen and oxygen atoms in total. The maximum absolute atomic E-state index is 6.17. The standard InChI is InChI=1S/C19H18ClN/c1-2-21-19(15-9-5-10-16(20)13-15)18-12-6-8-14-7-3-4-11-17(14)18/h3-13,19,21H,2H2,1H3. The maximum atomic E-state index is 6.17. The van der Waals surface area contributed by atoms with Crippen LogP contribution >= 0.6 is 11.6 Å². The minimum Gasteiger partial charge on any atom is -0.307 e. The van der Waals surface area contributed by atoms with Crippen LogP contribution in [-0.2, 0) is 0 Å². The van der Waals surface area contributed by atoms with Crippen LogP contribution in [0.5, 0.6) is 0 Å². The first-order chi connectivity index (χ1) is 10.3. The highest BCUT2D eigenvalue weighted by Gasteiger charge is 2.15. The van der Waals surface area contributed by atoms with Crippen LogP contribution < -0.4 is 5.32 Å². The van der Waals surface area contributed by atoms with E-state index in [1.54, 1.807) is 0 Å². The second-order valence-electron chi connectivity index (χ2n) is 5.11. The van der Waals surface area contributed by atoms with Crippen molar-refractivity contribution in [2.45, 2.75) is 13.0 Å². The molecule has 1 N–H and O–H groups in total. The fourth-order valence-electron chi connectivity index (χ4n) is 2.80. The first-order valence-corrected chi connectivity index (χ1v) is 7.64. The third kappa shape index (κ3) is 2.94. The van der Waals surface area contributed by atoms with Crippen molar-refractivity contribution in [3.05, 3.63) is 82.9 Å². The molecule has 2 heteroatoms. The maximum Gasteiger partial charge on any atom is 0.0583 e. The van der Waals surface area contributed by atoms with E-state index in [2.05, 4.69) is 60.8 Å². The summed E-state index contributed by atoms with van der Waals surface area (Å²) in [5.41, 5.74) is 2.48. The molecular weight excluding hydrogens is 278 g/mol. The highest BCUT2D eigenvalue weighted by Crippen LogP contribution is 2.30. The lowest BCUT2D eigenvalue weighted by Gasteiger charge is -2.21. The number of halogens is 1. The summed E-state index contributed by atoms with van der Waals surface area (Å²) in [5, 5.41) is 6.90. The van der Waals surface area contributed by atoms with Crippen LogP contribution in [0.3, 0.4) is 0 Å². The summed E-state index contributed by atoms with van der Waals surface area (Å²) >= 11 is 6.17. The average molecular weight is 296 g/mol. The summed E-state index contributed by atoms with van der Waals surface area (Å²) in [6.45, 7) is 3.03. The summed E-state index contributed by atoms with van der Waals surface area (Å²) < 4.78 is 0. The van der Waals surface area contributed by atoms with Gasteiger partial charge in [0.05, 0.1) is 6.04 Å². The third-order valence-corrected chi connectivity index (χ3v) is 3.96. The predicted molar refractivity (Wildman–Crippen MR) is 90.9 cm³/mol. The molecule has 0 aromatic heterocycles. The van der Waals surface area contributed by atoms with E-state index < -0.39 is 0 Å². The molecule has 0 aliphatic heterocycles. The lowest BCUT2D eigenvalue weighted by atomic mass is 9.93. The van der Waals surface area contributed by atoms with Crippen LogP contribution in [0.15, 0.2) is 66.7 Å². The number of hydrogen-bond donors (Lipinski definition) is 1. The molecule has 106 valence electrons. The smallest absolute Gasteiger partial charge is 0.0583 e. The molecule has 0 amide bonds. The Morgan fingerprint density at radius 3 is 2.52 bits per heavy atom. The Kier molecular flexibility index (Phi) is 4.23. The minimum absolute atomic E-state index is 0.153. The van der Waals surface area contributed by atoms with Crippen molar-refractivity contribution in [3.63, 3.8) is 0 Å². The summed E-state index contributed by atoms with van der Waals surface area (Å²) in [4.78, 5) is 0. The van der Waals surface area contributed by atoms with E-state index >= 15 is 0 Å². The quantitative estimate of drug-likeness (QED) is 0.698. The molecule has 1 unspecified atom stereocenters. The van der Waals surface area contributed by atoms with Gasteiger partial charge in [0.1, 0.15) is 0 Å². The molecule has 0 aliphatic rings. The van der Waals surface area contributed by atoms with Gasteiger partial charge >= 0.3 is 0 Å². The van der Waals surface area contributed by atoms with Crippen LogP contribution in [-0.4, -0.2) is 6.54 Å². The molecule has 1 atom stereocenters. The van der Waals surface area contributed by atoms with Gasteiger partial charge in [0.15, 0.2) is 0 Å². The Balaban J connectivity index is 2.16. The molecule has 3 aromatic carbocycles. The van der Waals surface area contributed by atoms with E-state index in [9.17, 15) is 0 Å². The zero-order valence-corrected chi connectivity index (χ0v) is 12.8. The van der Waals surface area contributed by atoms with Gasteiger partial charge in [-0.25, -0.2) is 0 Å². The zero-order chi connectivity index (χ0) is 14.7. The molecule has 0 fully saturated rings. The monoisotopic (exact) mass is 295 g/mol. The molecule has 0 spiro atoms. The second kappa shape index (κ2) is 6.30. The van der Waals surface area contributed by atoms with Crippen molar-refractivity contribution < 1.29 is 0 Å². The van der Waals surface area contributed by atoms with E-state index in [0.29, 0.717) is 0 Å². The Labute approximate surface area is 130 Å². The van der Waals surface area contributed by atoms with Gasteiger partial charge in [-0.3, -0.25) is 0 Å². The molecule has 0 saturated carbocycles. The highest BCUT2D eigenvalue weighted by molar-refractivity contribution is 6.30. The Morgan fingerprint density at radius 1 is 0.952 bits per heavy atom. The normalized spacial score (nSPS) is 12.5. The fraction of sp³-hybridized carbons (Fsp3) is 0.158. The van der Waals surface area contributed by atoms with Crippen molar-refractivity contribution >= 4 is 22.4 Å². The zero-order valence-electron chi connectivity index (χ0n) is 12.0. The summed E-state index contributed by atoms with van der Waals surface area (Å²) in [6.07, 6.45) is 0. The topological polar surface area (TPSA) is 12.0 Å². The summed E-state index contributed by atoms with van der Waals surface area (Å²) in [7, 11) is 0. The average Bonchev–Trinajstić information content (AvgIpc) is 2.52. The Hall–Kier alpha value is -1.83. The van der Waals surface area contributed by atoms with Crippen molar-refractivity contribution in [1.29, 1.82) is 0 Å². The van der Waals surface area contributed by atoms with Crippen molar-refractivity contribution in [2.75, 3.05) is 6.54 Å². The van der Waals surface area contributed by atoms with Gasteiger partial charge in [-0.1, -0.05) is 73.1 Å². The minimum atomic E-state index is 0.153. The van der Waals surface area contributed by atoms with Gasteiger partial charge in [-0.15, -0.1) is 0 Å². The molecule has 3 rings (SSSR count). The molecule has 0 heterocycles. The Morgan fingerprint density at radius 2 is 1.71 bits per heavy atom. The van der Waals surface area contributed by atoms with Crippen LogP contribution in [0.1, 0.15) is 24.1 Å². The van der Waals surface area contributed by atoms with E-state index in [0.717, 1.165) is 11.6 Å². The van der Waals surface area contributed by atoms with E-state index in [1.807, 2.05) is 18.2 Å². The van der Waals surface area contributed by atoms with Crippen molar-refractivity contribution in [1.82, 2.24) is 5.32 Å². The van der Waals surface area contributed by atoms with Crippen molar-refractivity contribution in [2.24, 2.45) is 0 Å². The number of hydrogen-bond acceptors (Lipinski definition) is 1. The van der Waals surface area contributed by atoms with Gasteiger partial charge in [-0.05, 0) is 40.6 Å². The van der Waals surface area contributed by atoms with Crippen LogP contribution in [0.25, 0.3) is 10.8 Å². The van der Waals surface area contributed by atoms with Gasteiger partial charge < -0.3 is 5.32 Å². The van der Waals surface area contributed by atoms with E-state index in [4.69, 9.17) is 11.6 Å². The van der Waals surface area contributed by atoms with E-state index in [1.165, 1.54) is 21.9 Å². The number of fused-ring (bicyclic) bond motifs is 1. The van der Waals surface area contributed by atoms with Crippen LogP contribution in [0, 0.1) is 0 Å². The second-order valence-corrected chi connectivity index (χ2v) is 5.55. The molecule has 0 aliphatic carbocycles. The van der Waals surface area contributed by atoms with E-state index in [-0.39, 0.29) is 6.04 Å². The van der Waals surface area contributed by atoms with Gasteiger partial charge in [0, 0.05) is 5.02 Å². The molecule has 0 saturated heterocycles. The lowest BCUT2D eigenvalue weighted by molar-refractivity contribution is 0.634. The number of nitrogens with one attached hydrogen (secondary N) is 1. The van der Waals surface area contributed by atoms with Crippen molar-refractivity contribution in [3.8, 4) is 0 Å². The lowest BCUT2D eigenvalue weighted by Crippen LogP contribution is -2.22. The highest BCUT2D eigenvalue weighted by atomic mass is 35.5. The third-order valence-electron chi connectivity index (χ3n) is 3.72. The summed E-state index contributed by atoms with van der Waals surface area (Å²) in [5.74, 6) is 0. The molecule has 3 aromatic rings. The Bertz CT molecular complexity index is 746. The van der Waals surface area contributed by atoms with Crippen LogP contribution in [0.4, 0.5) is 0 Å². The van der Waals surface area contributed by atoms with Crippen LogP contribution in [0.2, 0.25) is 5.02 Å². The van der Waals surface area contributed by atoms with Gasteiger partial charge in [-0.2, -0.15) is 0 Å². The molecule has 0 bridgehead atoms. The number of benzene rings is 3. The molecule has 21 heavy (non-hydrogen) atoms.